The molecule has 0 atom stereocenters. The fourth-order valence-electron chi connectivity index (χ4n) is 4.23. The smallest absolute Gasteiger partial charge is 0.319 e. The molecule has 0 unspecified atom stereocenters. The van der Waals surface area contributed by atoms with Gasteiger partial charge in [0.1, 0.15) is 11.3 Å². The average Bonchev–Trinajstić information content (AvgIpc) is 3.22. The van der Waals surface area contributed by atoms with E-state index in [0.717, 1.165) is 66.4 Å². The number of nitrogens with zero attached hydrogens (tertiary/aromatic N) is 3. The zero-order valence-corrected chi connectivity index (χ0v) is 20.3. The summed E-state index contributed by atoms with van der Waals surface area (Å²) in [6.07, 6.45) is 4.75. The Kier molecular flexibility index (Phi) is 7.60. The van der Waals surface area contributed by atoms with Gasteiger partial charge in [0.25, 0.3) is 0 Å². The van der Waals surface area contributed by atoms with Crippen LogP contribution in [0, 0.1) is 0 Å². The Morgan fingerprint density at radius 3 is 2.51 bits per heavy atom. The van der Waals surface area contributed by atoms with E-state index in [1.807, 2.05) is 18.2 Å². The summed E-state index contributed by atoms with van der Waals surface area (Å²) in [5.74, 6) is 1.49. The van der Waals surface area contributed by atoms with Crippen molar-refractivity contribution in [1.29, 1.82) is 0 Å². The number of Topliss-reactive ketones (excluding diaryl/α,β-unsaturated/α-hetero) is 1. The van der Waals surface area contributed by atoms with Crippen molar-refractivity contribution in [2.45, 2.75) is 52.5 Å². The largest absolute Gasteiger partial charge is 0.382 e. The number of aryl methyl sites for hydroxylation is 2. The number of nitrogen functional groups attached to an aromatic ring is 1. The Balaban J connectivity index is 1.39. The zero-order chi connectivity index (χ0) is 24.8. The molecule has 35 heavy (non-hydrogen) atoms. The molecule has 0 saturated heterocycles. The first-order valence-corrected chi connectivity index (χ1v) is 12.2. The second-order valence-corrected chi connectivity index (χ2v) is 8.72. The van der Waals surface area contributed by atoms with Crippen LogP contribution in [0.3, 0.4) is 0 Å². The molecule has 8 nitrogen and oxygen atoms in total. The summed E-state index contributed by atoms with van der Waals surface area (Å²) in [5, 5.41) is 6.76. The molecule has 0 aliphatic carbocycles. The molecule has 2 aromatic heterocycles. The summed E-state index contributed by atoms with van der Waals surface area (Å²) in [7, 11) is 0. The highest BCUT2D eigenvalue weighted by molar-refractivity contribution is 6.06. The minimum absolute atomic E-state index is 0.00327. The Hall–Kier alpha value is -3.94. The van der Waals surface area contributed by atoms with Crippen LogP contribution in [0.5, 0.6) is 0 Å². The van der Waals surface area contributed by atoms with Gasteiger partial charge in [0.15, 0.2) is 11.6 Å². The second-order valence-electron chi connectivity index (χ2n) is 8.72. The van der Waals surface area contributed by atoms with Gasteiger partial charge in [0, 0.05) is 36.1 Å². The number of fused-ring (bicyclic) bond motifs is 3. The number of pyridine rings is 1. The molecule has 0 bridgehead atoms. The van der Waals surface area contributed by atoms with Gasteiger partial charge in [0.2, 0.25) is 0 Å². The minimum atomic E-state index is -0.262. The van der Waals surface area contributed by atoms with Gasteiger partial charge >= 0.3 is 6.03 Å². The van der Waals surface area contributed by atoms with Gasteiger partial charge in [0.05, 0.1) is 11.0 Å². The van der Waals surface area contributed by atoms with Crippen molar-refractivity contribution in [3.8, 4) is 0 Å². The van der Waals surface area contributed by atoms with E-state index in [9.17, 15) is 9.59 Å². The summed E-state index contributed by atoms with van der Waals surface area (Å²) in [5.41, 5.74) is 10.2. The maximum Gasteiger partial charge on any atom is 0.319 e. The Bertz CT molecular complexity index is 1340. The minimum Gasteiger partial charge on any atom is -0.382 e. The number of para-hydroxylation sites is 1. The van der Waals surface area contributed by atoms with Gasteiger partial charge in [-0.25, -0.2) is 14.8 Å². The standard InChI is InChI=1S/C27H32N6O2/c1-3-4-11-23-32-24-25(21-9-5-6-10-22(21)31-26(24)28)33(23)17-8-7-16-29-27(35)30-20-14-12-19(13-15-20)18(2)34/h5-6,9-10,12-15H,3-4,7-8,11,16-17H2,1-2H3,(H2,28,31)(H2,29,30,35). The number of amides is 2. The summed E-state index contributed by atoms with van der Waals surface area (Å²) >= 11 is 0. The molecule has 0 fully saturated rings. The maximum atomic E-state index is 12.2. The van der Waals surface area contributed by atoms with E-state index in [0.29, 0.717) is 23.6 Å². The summed E-state index contributed by atoms with van der Waals surface area (Å²) in [4.78, 5) is 33.0. The predicted molar refractivity (Wildman–Crippen MR) is 141 cm³/mol. The van der Waals surface area contributed by atoms with Crippen LogP contribution in [0.25, 0.3) is 21.9 Å². The lowest BCUT2D eigenvalue weighted by atomic mass is 10.1. The topological polar surface area (TPSA) is 115 Å². The number of aromatic nitrogens is 3. The van der Waals surface area contributed by atoms with Gasteiger partial charge in [-0.15, -0.1) is 0 Å². The number of rotatable bonds is 10. The molecule has 182 valence electrons. The highest BCUT2D eigenvalue weighted by atomic mass is 16.2. The van der Waals surface area contributed by atoms with Gasteiger partial charge in [-0.1, -0.05) is 31.5 Å². The molecule has 4 aromatic rings. The molecule has 0 aliphatic heterocycles. The van der Waals surface area contributed by atoms with Gasteiger partial charge in [-0.05, 0) is 56.5 Å². The molecule has 2 amide bonds. The normalized spacial score (nSPS) is 11.1. The van der Waals surface area contributed by atoms with Crippen molar-refractivity contribution in [2.24, 2.45) is 0 Å². The van der Waals surface area contributed by atoms with Crippen LogP contribution in [-0.4, -0.2) is 32.9 Å². The lowest BCUT2D eigenvalue weighted by molar-refractivity contribution is 0.101. The van der Waals surface area contributed by atoms with Crippen LogP contribution in [0.4, 0.5) is 16.3 Å². The Morgan fingerprint density at radius 2 is 1.77 bits per heavy atom. The summed E-state index contributed by atoms with van der Waals surface area (Å²) < 4.78 is 2.28. The van der Waals surface area contributed by atoms with Crippen LogP contribution in [0.15, 0.2) is 48.5 Å². The Morgan fingerprint density at radius 1 is 1.00 bits per heavy atom. The Labute approximate surface area is 204 Å². The molecule has 0 saturated carbocycles. The molecule has 2 aromatic carbocycles. The van der Waals surface area contributed by atoms with Crippen molar-refractivity contribution < 1.29 is 9.59 Å². The third kappa shape index (κ3) is 5.59. The third-order valence-corrected chi connectivity index (χ3v) is 6.09. The van der Waals surface area contributed by atoms with Crippen molar-refractivity contribution in [3.05, 3.63) is 59.9 Å². The van der Waals surface area contributed by atoms with Crippen LogP contribution in [-0.2, 0) is 13.0 Å². The van der Waals surface area contributed by atoms with Crippen molar-refractivity contribution in [1.82, 2.24) is 19.9 Å². The number of benzene rings is 2. The number of hydrogen-bond donors (Lipinski definition) is 3. The quantitative estimate of drug-likeness (QED) is 0.214. The molecule has 4 N–H and O–H groups in total. The molecule has 8 heteroatoms. The number of nitrogens with one attached hydrogen (secondary N) is 2. The number of hydrogen-bond acceptors (Lipinski definition) is 5. The second kappa shape index (κ2) is 11.0. The van der Waals surface area contributed by atoms with E-state index < -0.39 is 0 Å². The number of unbranched alkanes of at least 4 members (excludes halogenated alkanes) is 2. The van der Waals surface area contributed by atoms with E-state index in [1.165, 1.54) is 6.92 Å². The van der Waals surface area contributed by atoms with E-state index in [4.69, 9.17) is 10.7 Å². The molecule has 2 heterocycles. The van der Waals surface area contributed by atoms with Crippen molar-refractivity contribution in [2.75, 3.05) is 17.6 Å². The third-order valence-electron chi connectivity index (χ3n) is 6.09. The fraction of sp³-hybridized carbons (Fsp3) is 0.333. The molecular weight excluding hydrogens is 440 g/mol. The number of urea groups is 1. The number of anilines is 2. The molecule has 0 spiro atoms. The number of carbonyl (C=O) groups excluding carboxylic acids is 2. The average molecular weight is 473 g/mol. The summed E-state index contributed by atoms with van der Waals surface area (Å²) in [6, 6.07) is 14.6. The summed E-state index contributed by atoms with van der Waals surface area (Å²) in [6.45, 7) is 5.03. The first-order chi connectivity index (χ1) is 17.0. The number of imidazole rings is 1. The van der Waals surface area contributed by atoms with E-state index in [2.05, 4.69) is 33.2 Å². The van der Waals surface area contributed by atoms with E-state index >= 15 is 0 Å². The first-order valence-electron chi connectivity index (χ1n) is 12.2. The molecule has 0 aliphatic rings. The number of nitrogens with two attached hydrogens (primary N) is 1. The van der Waals surface area contributed by atoms with Gasteiger partial charge < -0.3 is 20.9 Å². The van der Waals surface area contributed by atoms with Crippen LogP contribution in [0.1, 0.15) is 55.7 Å². The van der Waals surface area contributed by atoms with Gasteiger partial charge in [-0.3, -0.25) is 4.79 Å². The fourth-order valence-corrected chi connectivity index (χ4v) is 4.23. The lowest BCUT2D eigenvalue weighted by Crippen LogP contribution is -2.29. The first kappa shape index (κ1) is 24.2. The van der Waals surface area contributed by atoms with E-state index in [1.54, 1.807) is 24.3 Å². The maximum absolute atomic E-state index is 12.2. The van der Waals surface area contributed by atoms with Crippen molar-refractivity contribution >= 4 is 45.3 Å². The van der Waals surface area contributed by atoms with Crippen LogP contribution in [0.2, 0.25) is 0 Å². The van der Waals surface area contributed by atoms with Crippen molar-refractivity contribution in [3.63, 3.8) is 0 Å². The number of carbonyl (C=O) groups is 2. The number of ketones is 1. The SMILES string of the molecule is CCCCc1nc2c(N)nc3ccccc3c2n1CCCCNC(=O)Nc1ccc(C(C)=O)cc1. The molecule has 0 radical (unpaired) electrons. The lowest BCUT2D eigenvalue weighted by Gasteiger charge is -2.12. The predicted octanol–water partition coefficient (Wildman–Crippen LogP) is 5.31. The zero-order valence-electron chi connectivity index (χ0n) is 20.3. The van der Waals surface area contributed by atoms with E-state index in [-0.39, 0.29) is 11.8 Å². The highest BCUT2D eigenvalue weighted by Gasteiger charge is 2.16. The highest BCUT2D eigenvalue weighted by Crippen LogP contribution is 2.29. The van der Waals surface area contributed by atoms with Gasteiger partial charge in [-0.2, -0.15) is 0 Å². The van der Waals surface area contributed by atoms with Crippen LogP contribution < -0.4 is 16.4 Å². The molecular formula is C27H32N6O2. The van der Waals surface area contributed by atoms with Crippen LogP contribution >= 0.6 is 0 Å². The monoisotopic (exact) mass is 472 g/mol. The molecule has 4 rings (SSSR count).